The first-order chi connectivity index (χ1) is 9.34. The third kappa shape index (κ3) is 1.35. The first-order valence-electron chi connectivity index (χ1n) is 5.76. The lowest BCUT2D eigenvalue weighted by atomic mass is 10.1. The summed E-state index contributed by atoms with van der Waals surface area (Å²) in [7, 11) is 0. The smallest absolute Gasteiger partial charge is 0.315 e. The van der Waals surface area contributed by atoms with Crippen LogP contribution in [-0.2, 0) is 0 Å². The minimum Gasteiger partial charge on any atom is -0.448 e. The summed E-state index contributed by atoms with van der Waals surface area (Å²) in [6, 6.07) is 7.44. The highest BCUT2D eigenvalue weighted by Crippen LogP contribution is 2.30. The molecule has 4 rings (SSSR count). The van der Waals surface area contributed by atoms with Crippen molar-refractivity contribution in [3.8, 4) is 0 Å². The van der Waals surface area contributed by atoms with Crippen LogP contribution in [0.15, 0.2) is 52.1 Å². The Bertz CT molecular complexity index is 992. The molecule has 0 aliphatic rings. The normalized spacial score (nSPS) is 11.4. The van der Waals surface area contributed by atoms with Crippen LogP contribution in [0.25, 0.3) is 33.0 Å². The lowest BCUT2D eigenvalue weighted by Crippen LogP contribution is -1.99. The van der Waals surface area contributed by atoms with Gasteiger partial charge in [-0.3, -0.25) is 14.8 Å². The number of benzene rings is 1. The molecule has 0 radical (unpaired) electrons. The van der Waals surface area contributed by atoms with Gasteiger partial charge in [0.25, 0.3) is 0 Å². The van der Waals surface area contributed by atoms with E-state index in [1.807, 2.05) is 18.2 Å². The monoisotopic (exact) mass is 249 g/mol. The van der Waals surface area contributed by atoms with Crippen LogP contribution in [0.1, 0.15) is 0 Å². The molecule has 0 aliphatic carbocycles. The molecule has 0 aliphatic heterocycles. The van der Waals surface area contributed by atoms with Crippen LogP contribution in [0.4, 0.5) is 0 Å². The van der Waals surface area contributed by atoms with Gasteiger partial charge in [0.15, 0.2) is 0 Å². The highest BCUT2D eigenvalue weighted by Gasteiger charge is 2.13. The van der Waals surface area contributed by atoms with Gasteiger partial charge in [-0.1, -0.05) is 6.07 Å². The maximum Gasteiger partial charge on any atom is 0.315 e. The molecule has 0 atom stereocenters. The fourth-order valence-corrected chi connectivity index (χ4v) is 2.27. The van der Waals surface area contributed by atoms with Crippen molar-refractivity contribution in [2.75, 3.05) is 0 Å². The second kappa shape index (κ2) is 3.58. The molecule has 3 heterocycles. The van der Waals surface area contributed by atoms with Crippen molar-refractivity contribution in [2.45, 2.75) is 0 Å². The molecule has 0 spiro atoms. The molecule has 0 fully saturated rings. The van der Waals surface area contributed by atoms with Crippen LogP contribution in [0.2, 0.25) is 0 Å². The summed E-state index contributed by atoms with van der Waals surface area (Å²) in [5.41, 5.74) is 1.74. The molecule has 0 bridgehead atoms. The summed E-state index contributed by atoms with van der Waals surface area (Å²) in [5.74, 6) is 0. The van der Waals surface area contributed by atoms with Crippen LogP contribution in [-0.4, -0.2) is 15.0 Å². The van der Waals surface area contributed by atoms with Gasteiger partial charge in [0.1, 0.15) is 11.1 Å². The van der Waals surface area contributed by atoms with E-state index in [0.29, 0.717) is 11.1 Å². The van der Waals surface area contributed by atoms with E-state index < -0.39 is 5.56 Å². The highest BCUT2D eigenvalue weighted by atomic mass is 16.3. The molecule has 90 valence electrons. The van der Waals surface area contributed by atoms with Crippen LogP contribution < -0.4 is 5.56 Å². The Morgan fingerprint density at radius 1 is 0.947 bits per heavy atom. The topological polar surface area (TPSA) is 68.9 Å². The SMILES string of the molecule is O=c1nccnc2c1oc1ccc3ncccc3c12. The van der Waals surface area contributed by atoms with Crippen LogP contribution >= 0.6 is 0 Å². The third-order valence-corrected chi connectivity index (χ3v) is 3.07. The van der Waals surface area contributed by atoms with Gasteiger partial charge < -0.3 is 4.42 Å². The second-order valence-electron chi connectivity index (χ2n) is 4.15. The number of hydrogen-bond acceptors (Lipinski definition) is 5. The molecular weight excluding hydrogens is 242 g/mol. The minimum absolute atomic E-state index is 0.177. The zero-order valence-corrected chi connectivity index (χ0v) is 9.70. The Balaban J connectivity index is 2.41. The average Bonchev–Trinajstić information content (AvgIpc) is 2.73. The Kier molecular flexibility index (Phi) is 1.91. The average molecular weight is 249 g/mol. The lowest BCUT2D eigenvalue weighted by Gasteiger charge is -1.96. The number of hydrogen-bond donors (Lipinski definition) is 0. The molecule has 5 nitrogen and oxygen atoms in total. The Labute approximate surface area is 106 Å². The number of rotatable bonds is 0. The first kappa shape index (κ1) is 10.1. The predicted octanol–water partition coefficient (Wildman–Crippen LogP) is 2.28. The summed E-state index contributed by atoms with van der Waals surface area (Å²) in [5, 5.41) is 1.72. The summed E-state index contributed by atoms with van der Waals surface area (Å²) in [6.07, 6.45) is 4.59. The van der Waals surface area contributed by atoms with E-state index in [2.05, 4.69) is 15.0 Å². The van der Waals surface area contributed by atoms with Crippen molar-refractivity contribution in [2.24, 2.45) is 0 Å². The van der Waals surface area contributed by atoms with Gasteiger partial charge in [-0.15, -0.1) is 0 Å². The van der Waals surface area contributed by atoms with Crippen LogP contribution in [0, 0.1) is 0 Å². The standard InChI is InChI=1S/C14H7N3O2/c18-14-13-12(16-6-7-17-14)11-8-2-1-5-15-9(8)3-4-10(11)19-13/h1-7H. The molecule has 0 saturated carbocycles. The number of pyridine rings is 1. The third-order valence-electron chi connectivity index (χ3n) is 3.07. The quantitative estimate of drug-likeness (QED) is 0.478. The lowest BCUT2D eigenvalue weighted by molar-refractivity contribution is 0.663. The largest absolute Gasteiger partial charge is 0.448 e. The van der Waals surface area contributed by atoms with Crippen molar-refractivity contribution in [3.05, 3.63) is 53.2 Å². The first-order valence-corrected chi connectivity index (χ1v) is 5.76. The Morgan fingerprint density at radius 3 is 2.79 bits per heavy atom. The second-order valence-corrected chi connectivity index (χ2v) is 4.15. The van der Waals surface area contributed by atoms with Gasteiger partial charge in [0.2, 0.25) is 5.58 Å². The van der Waals surface area contributed by atoms with Crippen LogP contribution in [0.5, 0.6) is 0 Å². The molecule has 0 saturated heterocycles. The van der Waals surface area contributed by atoms with E-state index in [9.17, 15) is 4.79 Å². The molecule has 0 amide bonds. The Hall–Kier alpha value is -2.82. The van der Waals surface area contributed by atoms with Crippen molar-refractivity contribution in [3.63, 3.8) is 0 Å². The fourth-order valence-electron chi connectivity index (χ4n) is 2.27. The van der Waals surface area contributed by atoms with Gasteiger partial charge in [0.05, 0.1) is 10.9 Å². The van der Waals surface area contributed by atoms with E-state index in [0.717, 1.165) is 16.3 Å². The van der Waals surface area contributed by atoms with Gasteiger partial charge in [0, 0.05) is 24.0 Å². The summed E-state index contributed by atoms with van der Waals surface area (Å²) < 4.78 is 5.59. The van der Waals surface area contributed by atoms with E-state index in [1.54, 1.807) is 12.3 Å². The van der Waals surface area contributed by atoms with E-state index >= 15 is 0 Å². The number of fused-ring (bicyclic) bond motifs is 5. The van der Waals surface area contributed by atoms with Crippen molar-refractivity contribution >= 4 is 33.0 Å². The number of aromatic nitrogens is 3. The molecule has 1 aromatic carbocycles. The summed E-state index contributed by atoms with van der Waals surface area (Å²) in [4.78, 5) is 24.1. The number of furan rings is 1. The predicted molar refractivity (Wildman–Crippen MR) is 70.9 cm³/mol. The summed E-state index contributed by atoms with van der Waals surface area (Å²) >= 11 is 0. The maximum absolute atomic E-state index is 11.8. The van der Waals surface area contributed by atoms with Gasteiger partial charge >= 0.3 is 5.56 Å². The zero-order chi connectivity index (χ0) is 12.8. The Morgan fingerprint density at radius 2 is 1.84 bits per heavy atom. The highest BCUT2D eigenvalue weighted by molar-refractivity contribution is 6.16. The van der Waals surface area contributed by atoms with E-state index in [1.165, 1.54) is 12.4 Å². The fraction of sp³-hybridized carbons (Fsp3) is 0. The van der Waals surface area contributed by atoms with Gasteiger partial charge in [-0.25, -0.2) is 4.98 Å². The maximum atomic E-state index is 11.8. The van der Waals surface area contributed by atoms with Gasteiger partial charge in [-0.2, -0.15) is 0 Å². The molecule has 5 heteroatoms. The van der Waals surface area contributed by atoms with E-state index in [4.69, 9.17) is 4.42 Å². The molecule has 4 aromatic rings. The number of nitrogens with zero attached hydrogens (tertiary/aromatic N) is 3. The molecule has 3 aromatic heterocycles. The molecular formula is C14H7N3O2. The molecule has 19 heavy (non-hydrogen) atoms. The van der Waals surface area contributed by atoms with Crippen molar-refractivity contribution in [1.29, 1.82) is 0 Å². The van der Waals surface area contributed by atoms with Gasteiger partial charge in [-0.05, 0) is 18.2 Å². The zero-order valence-electron chi connectivity index (χ0n) is 9.70. The minimum atomic E-state index is -0.416. The molecule has 0 N–H and O–H groups in total. The van der Waals surface area contributed by atoms with Crippen LogP contribution in [0.3, 0.4) is 0 Å². The van der Waals surface area contributed by atoms with Crippen molar-refractivity contribution < 1.29 is 4.42 Å². The molecule has 0 unspecified atom stereocenters. The van der Waals surface area contributed by atoms with E-state index in [-0.39, 0.29) is 5.58 Å². The summed E-state index contributed by atoms with van der Waals surface area (Å²) in [6.45, 7) is 0. The van der Waals surface area contributed by atoms with Crippen molar-refractivity contribution in [1.82, 2.24) is 15.0 Å².